The lowest BCUT2D eigenvalue weighted by Gasteiger charge is -2.23. The molecule has 1 saturated heterocycles. The number of thiocarbonyl (C=S) groups is 1. The monoisotopic (exact) mass is 347 g/mol. The molecule has 114 valence electrons. The van der Waals surface area contributed by atoms with Crippen molar-refractivity contribution in [2.24, 2.45) is 5.73 Å². The lowest BCUT2D eigenvalue weighted by Crippen LogP contribution is -2.50. The standard InChI is InChI=1S/C12H14ClN3O3S2/c13-8-4-3-7(11(14)20)6-10(8)21(18,19)16-9-2-1-5-15-12(9)17/h3-4,6,9,16H,1-2,5H2,(H2,14,20)(H,15,17). The molecule has 9 heteroatoms. The van der Waals surface area contributed by atoms with Gasteiger partial charge in [-0.05, 0) is 25.0 Å². The zero-order chi connectivity index (χ0) is 15.6. The zero-order valence-electron chi connectivity index (χ0n) is 10.9. The maximum Gasteiger partial charge on any atom is 0.242 e. The van der Waals surface area contributed by atoms with Gasteiger partial charge in [0.25, 0.3) is 0 Å². The summed E-state index contributed by atoms with van der Waals surface area (Å²) in [4.78, 5) is 11.6. The smallest absolute Gasteiger partial charge is 0.242 e. The van der Waals surface area contributed by atoms with Gasteiger partial charge in [0.15, 0.2) is 0 Å². The van der Waals surface area contributed by atoms with Gasteiger partial charge in [0.2, 0.25) is 15.9 Å². The van der Waals surface area contributed by atoms with Gasteiger partial charge in [0.05, 0.1) is 5.02 Å². The van der Waals surface area contributed by atoms with Crippen LogP contribution in [-0.2, 0) is 14.8 Å². The van der Waals surface area contributed by atoms with Crippen molar-refractivity contribution in [1.29, 1.82) is 0 Å². The van der Waals surface area contributed by atoms with Crippen LogP contribution in [-0.4, -0.2) is 31.9 Å². The minimum Gasteiger partial charge on any atom is -0.389 e. The summed E-state index contributed by atoms with van der Waals surface area (Å²) in [5.74, 6) is -0.341. The van der Waals surface area contributed by atoms with Crippen LogP contribution in [0.3, 0.4) is 0 Å². The third kappa shape index (κ3) is 3.70. The molecule has 21 heavy (non-hydrogen) atoms. The van der Waals surface area contributed by atoms with Crippen molar-refractivity contribution in [2.75, 3.05) is 6.54 Å². The highest BCUT2D eigenvalue weighted by atomic mass is 35.5. The number of hydrogen-bond acceptors (Lipinski definition) is 4. The second-order valence-corrected chi connectivity index (χ2v) is 7.15. The normalized spacial score (nSPS) is 19.1. The first-order chi connectivity index (χ1) is 9.81. The van der Waals surface area contributed by atoms with Crippen LogP contribution in [0.25, 0.3) is 0 Å². The van der Waals surface area contributed by atoms with E-state index in [0.717, 1.165) is 0 Å². The summed E-state index contributed by atoms with van der Waals surface area (Å²) < 4.78 is 27.1. The van der Waals surface area contributed by atoms with Gasteiger partial charge in [0, 0.05) is 12.1 Å². The first-order valence-corrected chi connectivity index (χ1v) is 8.47. The highest BCUT2D eigenvalue weighted by Crippen LogP contribution is 2.23. The zero-order valence-corrected chi connectivity index (χ0v) is 13.3. The topological polar surface area (TPSA) is 101 Å². The van der Waals surface area contributed by atoms with Crippen LogP contribution in [0.1, 0.15) is 18.4 Å². The van der Waals surface area contributed by atoms with E-state index in [9.17, 15) is 13.2 Å². The summed E-state index contributed by atoms with van der Waals surface area (Å²) >= 11 is 10.8. The van der Waals surface area contributed by atoms with Crippen LogP contribution >= 0.6 is 23.8 Å². The van der Waals surface area contributed by atoms with Crippen molar-refractivity contribution >= 4 is 44.7 Å². The second kappa shape index (κ2) is 6.27. The number of nitrogens with one attached hydrogen (secondary N) is 2. The van der Waals surface area contributed by atoms with Gasteiger partial charge in [-0.3, -0.25) is 4.79 Å². The number of piperidine rings is 1. The summed E-state index contributed by atoms with van der Waals surface area (Å²) in [6, 6.07) is 3.45. The Kier molecular flexibility index (Phi) is 4.82. The first-order valence-electron chi connectivity index (χ1n) is 6.20. The maximum atomic E-state index is 12.4. The Morgan fingerprint density at radius 2 is 2.19 bits per heavy atom. The average molecular weight is 348 g/mol. The van der Waals surface area contributed by atoms with Gasteiger partial charge in [-0.15, -0.1) is 0 Å². The van der Waals surface area contributed by atoms with Gasteiger partial charge in [0.1, 0.15) is 15.9 Å². The van der Waals surface area contributed by atoms with Gasteiger partial charge in [-0.25, -0.2) is 8.42 Å². The molecule has 1 fully saturated rings. The summed E-state index contributed by atoms with van der Waals surface area (Å²) in [7, 11) is -3.94. The number of hydrogen-bond donors (Lipinski definition) is 3. The fourth-order valence-corrected chi connectivity index (χ4v) is 3.88. The predicted molar refractivity (Wildman–Crippen MR) is 83.7 cm³/mol. The van der Waals surface area contributed by atoms with Crippen molar-refractivity contribution in [2.45, 2.75) is 23.8 Å². The fraction of sp³-hybridized carbons (Fsp3) is 0.333. The van der Waals surface area contributed by atoms with E-state index in [0.29, 0.717) is 24.9 Å². The minimum atomic E-state index is -3.94. The lowest BCUT2D eigenvalue weighted by atomic mass is 10.1. The van der Waals surface area contributed by atoms with E-state index in [-0.39, 0.29) is 20.8 Å². The van der Waals surface area contributed by atoms with E-state index in [4.69, 9.17) is 29.6 Å². The molecule has 0 bridgehead atoms. The number of halogens is 1. The molecular weight excluding hydrogens is 334 g/mol. The second-order valence-electron chi connectivity index (χ2n) is 4.62. The third-order valence-corrected chi connectivity index (χ3v) is 5.28. The number of carbonyl (C=O) groups excluding carboxylic acids is 1. The van der Waals surface area contributed by atoms with Crippen molar-refractivity contribution in [3.8, 4) is 0 Å². The molecule has 0 spiro atoms. The van der Waals surface area contributed by atoms with E-state index in [2.05, 4.69) is 10.0 Å². The van der Waals surface area contributed by atoms with Gasteiger partial charge in [-0.1, -0.05) is 29.9 Å². The molecule has 0 aliphatic carbocycles. The molecule has 0 radical (unpaired) electrons. The van der Waals surface area contributed by atoms with Crippen molar-refractivity contribution in [3.63, 3.8) is 0 Å². The molecule has 4 N–H and O–H groups in total. The number of benzene rings is 1. The SMILES string of the molecule is NC(=S)c1ccc(Cl)c(S(=O)(=O)NC2CCCNC2=O)c1. The molecule has 1 heterocycles. The molecule has 6 nitrogen and oxygen atoms in total. The highest BCUT2D eigenvalue weighted by Gasteiger charge is 2.29. The minimum absolute atomic E-state index is 0.0405. The molecule has 2 rings (SSSR count). The molecular formula is C12H14ClN3O3S2. The average Bonchev–Trinajstić information content (AvgIpc) is 2.41. The molecule has 1 atom stereocenters. The van der Waals surface area contributed by atoms with Crippen LogP contribution in [0.4, 0.5) is 0 Å². The molecule has 0 aromatic heterocycles. The quantitative estimate of drug-likeness (QED) is 0.690. The summed E-state index contributed by atoms with van der Waals surface area (Å²) in [5.41, 5.74) is 5.88. The summed E-state index contributed by atoms with van der Waals surface area (Å²) in [5, 5.41) is 2.65. The number of sulfonamides is 1. The number of amides is 1. The largest absolute Gasteiger partial charge is 0.389 e. The molecule has 1 amide bonds. The lowest BCUT2D eigenvalue weighted by molar-refractivity contribution is -0.124. The van der Waals surface area contributed by atoms with Crippen molar-refractivity contribution in [3.05, 3.63) is 28.8 Å². The van der Waals surface area contributed by atoms with Crippen LogP contribution < -0.4 is 15.8 Å². The third-order valence-electron chi connectivity index (χ3n) is 3.09. The number of carbonyl (C=O) groups is 1. The molecule has 1 aromatic carbocycles. The molecule has 1 aromatic rings. The van der Waals surface area contributed by atoms with Crippen LogP contribution in [0.15, 0.2) is 23.1 Å². The van der Waals surface area contributed by atoms with Gasteiger partial charge in [-0.2, -0.15) is 4.72 Å². The van der Waals surface area contributed by atoms with E-state index >= 15 is 0 Å². The maximum absolute atomic E-state index is 12.4. The van der Waals surface area contributed by atoms with Crippen LogP contribution in [0.5, 0.6) is 0 Å². The van der Waals surface area contributed by atoms with Crippen molar-refractivity contribution in [1.82, 2.24) is 10.0 Å². The van der Waals surface area contributed by atoms with E-state index in [1.165, 1.54) is 18.2 Å². The highest BCUT2D eigenvalue weighted by molar-refractivity contribution is 7.89. The van der Waals surface area contributed by atoms with Crippen molar-refractivity contribution < 1.29 is 13.2 Å². The Morgan fingerprint density at radius 3 is 2.81 bits per heavy atom. The number of nitrogens with two attached hydrogens (primary N) is 1. The molecule has 1 aliphatic heterocycles. The van der Waals surface area contributed by atoms with E-state index in [1.54, 1.807) is 0 Å². The van der Waals surface area contributed by atoms with Crippen LogP contribution in [0.2, 0.25) is 5.02 Å². The summed E-state index contributed by atoms with van der Waals surface area (Å²) in [6.07, 6.45) is 1.15. The Balaban J connectivity index is 2.32. The fourth-order valence-electron chi connectivity index (χ4n) is 2.00. The van der Waals surface area contributed by atoms with Gasteiger partial charge < -0.3 is 11.1 Å². The molecule has 0 saturated carbocycles. The molecule has 1 aliphatic rings. The predicted octanol–water partition coefficient (Wildman–Crippen LogP) is 0.531. The van der Waals surface area contributed by atoms with E-state index < -0.39 is 16.1 Å². The first kappa shape index (κ1) is 16.2. The van der Waals surface area contributed by atoms with Crippen LogP contribution in [0, 0.1) is 0 Å². The molecule has 1 unspecified atom stereocenters. The number of rotatable bonds is 4. The van der Waals surface area contributed by atoms with Gasteiger partial charge >= 0.3 is 0 Å². The van der Waals surface area contributed by atoms with E-state index in [1.807, 2.05) is 0 Å². The summed E-state index contributed by atoms with van der Waals surface area (Å²) in [6.45, 7) is 0.550. The Bertz CT molecular complexity index is 691. The Morgan fingerprint density at radius 1 is 1.48 bits per heavy atom. The Labute approximate surface area is 133 Å². The Hall–Kier alpha value is -1.22.